The van der Waals surface area contributed by atoms with Gasteiger partial charge in [0, 0.05) is 31.6 Å². The second-order valence-electron chi connectivity index (χ2n) is 10.0. The molecule has 1 saturated heterocycles. The smallest absolute Gasteiger partial charge is 0.237 e. The van der Waals surface area contributed by atoms with Crippen LogP contribution in [0.15, 0.2) is 48.5 Å². The van der Waals surface area contributed by atoms with Gasteiger partial charge in [0.2, 0.25) is 5.91 Å². The molecule has 39 heavy (non-hydrogen) atoms. The van der Waals surface area contributed by atoms with Crippen LogP contribution in [0.2, 0.25) is 0 Å². The van der Waals surface area contributed by atoms with Gasteiger partial charge in [0.25, 0.3) is 0 Å². The van der Waals surface area contributed by atoms with E-state index >= 15 is 0 Å². The number of nitrogen functional groups attached to an aromatic ring is 1. The molecule has 0 unspecified atom stereocenters. The van der Waals surface area contributed by atoms with Crippen molar-refractivity contribution in [2.45, 2.75) is 45.9 Å². The summed E-state index contributed by atoms with van der Waals surface area (Å²) in [6.45, 7) is 7.24. The Bertz CT molecular complexity index is 1430. The quantitative estimate of drug-likeness (QED) is 0.293. The van der Waals surface area contributed by atoms with E-state index in [-0.39, 0.29) is 5.91 Å². The standard InChI is InChI=1S/C30H38N6O3/c1-3-39-21-26-33-28-29(24-12-4-5-13-25(24)32-30(28)31)36(26)17-9-16-35(27(37)20-34-14-6-7-15-34)19-22-10-8-11-23(18-22)38-2/h4-5,8,10-13,18H,3,6-7,9,14-17,19-21H2,1-2H3,(H2,31,32). The molecular formula is C30H38N6O3. The van der Waals surface area contributed by atoms with E-state index in [9.17, 15) is 4.79 Å². The molecule has 9 heteroatoms. The van der Waals surface area contributed by atoms with Gasteiger partial charge in [-0.3, -0.25) is 9.69 Å². The Morgan fingerprint density at radius 3 is 2.72 bits per heavy atom. The van der Waals surface area contributed by atoms with Crippen molar-refractivity contribution in [3.63, 3.8) is 0 Å². The van der Waals surface area contributed by atoms with Gasteiger partial charge in [-0.05, 0) is 63.0 Å². The summed E-state index contributed by atoms with van der Waals surface area (Å²) in [4.78, 5) is 27.1. The number of fused-ring (bicyclic) bond motifs is 3. The highest BCUT2D eigenvalue weighted by molar-refractivity contribution is 6.06. The van der Waals surface area contributed by atoms with Crippen molar-refractivity contribution in [3.05, 3.63) is 59.9 Å². The number of nitrogens with two attached hydrogens (primary N) is 1. The minimum atomic E-state index is 0.156. The normalized spacial score (nSPS) is 13.9. The van der Waals surface area contributed by atoms with Gasteiger partial charge in [0.15, 0.2) is 5.82 Å². The van der Waals surface area contributed by atoms with Gasteiger partial charge in [-0.2, -0.15) is 0 Å². The fraction of sp³-hybridized carbons (Fsp3) is 0.433. The molecule has 5 rings (SSSR count). The van der Waals surface area contributed by atoms with E-state index in [1.807, 2.05) is 54.3 Å². The summed E-state index contributed by atoms with van der Waals surface area (Å²) in [6.07, 6.45) is 3.08. The lowest BCUT2D eigenvalue weighted by atomic mass is 10.1. The zero-order valence-corrected chi connectivity index (χ0v) is 22.9. The number of carbonyl (C=O) groups excluding carboxylic acids is 1. The number of aryl methyl sites for hydroxylation is 1. The second-order valence-corrected chi connectivity index (χ2v) is 10.0. The minimum Gasteiger partial charge on any atom is -0.497 e. The summed E-state index contributed by atoms with van der Waals surface area (Å²) in [6, 6.07) is 15.9. The van der Waals surface area contributed by atoms with Crippen LogP contribution in [-0.4, -0.2) is 70.1 Å². The highest BCUT2D eigenvalue weighted by Gasteiger charge is 2.22. The Morgan fingerprint density at radius 2 is 1.92 bits per heavy atom. The predicted octanol–water partition coefficient (Wildman–Crippen LogP) is 4.23. The van der Waals surface area contributed by atoms with Crippen LogP contribution in [0.4, 0.5) is 5.82 Å². The molecule has 0 atom stereocenters. The van der Waals surface area contributed by atoms with Crippen LogP contribution in [0.1, 0.15) is 37.6 Å². The topological polar surface area (TPSA) is 98.7 Å². The number of anilines is 1. The molecular weight excluding hydrogens is 492 g/mol. The molecule has 1 aliphatic rings. The summed E-state index contributed by atoms with van der Waals surface area (Å²) >= 11 is 0. The molecule has 2 aromatic heterocycles. The van der Waals surface area contributed by atoms with Crippen molar-refractivity contribution in [1.29, 1.82) is 0 Å². The van der Waals surface area contributed by atoms with Gasteiger partial charge in [-0.1, -0.05) is 30.3 Å². The lowest BCUT2D eigenvalue weighted by Gasteiger charge is -2.26. The summed E-state index contributed by atoms with van der Waals surface area (Å²) in [5, 5.41) is 1.01. The highest BCUT2D eigenvalue weighted by atomic mass is 16.5. The number of amides is 1. The highest BCUT2D eigenvalue weighted by Crippen LogP contribution is 2.29. The number of benzene rings is 2. The summed E-state index contributed by atoms with van der Waals surface area (Å²) in [7, 11) is 1.66. The van der Waals surface area contributed by atoms with Gasteiger partial charge in [-0.25, -0.2) is 9.97 Å². The average Bonchev–Trinajstić information content (AvgIpc) is 3.60. The minimum absolute atomic E-state index is 0.156. The first-order valence-electron chi connectivity index (χ1n) is 13.8. The third kappa shape index (κ3) is 6.15. The molecule has 1 aliphatic heterocycles. The molecule has 0 radical (unpaired) electrons. The third-order valence-corrected chi connectivity index (χ3v) is 7.35. The van der Waals surface area contributed by atoms with E-state index in [2.05, 4.69) is 20.5 Å². The molecule has 9 nitrogen and oxygen atoms in total. The molecule has 0 aliphatic carbocycles. The van der Waals surface area contributed by atoms with Crippen LogP contribution in [-0.2, 0) is 29.2 Å². The lowest BCUT2D eigenvalue weighted by molar-refractivity contribution is -0.132. The molecule has 1 amide bonds. The molecule has 4 aromatic rings. The van der Waals surface area contributed by atoms with Gasteiger partial charge in [-0.15, -0.1) is 0 Å². The number of likely N-dealkylation sites (tertiary alicyclic amines) is 1. The molecule has 206 valence electrons. The van der Waals surface area contributed by atoms with Crippen molar-refractivity contribution >= 4 is 33.7 Å². The lowest BCUT2D eigenvalue weighted by Crippen LogP contribution is -2.39. The molecule has 0 saturated carbocycles. The fourth-order valence-corrected chi connectivity index (χ4v) is 5.38. The Balaban J connectivity index is 1.40. The maximum Gasteiger partial charge on any atom is 0.237 e. The summed E-state index contributed by atoms with van der Waals surface area (Å²) < 4.78 is 13.4. The van der Waals surface area contributed by atoms with E-state index in [0.717, 1.165) is 65.9 Å². The maximum absolute atomic E-state index is 13.5. The number of hydrogen-bond donors (Lipinski definition) is 1. The molecule has 0 spiro atoms. The number of hydrogen-bond acceptors (Lipinski definition) is 7. The van der Waals surface area contributed by atoms with E-state index in [1.54, 1.807) is 7.11 Å². The first-order chi connectivity index (χ1) is 19.1. The largest absolute Gasteiger partial charge is 0.497 e. The zero-order valence-electron chi connectivity index (χ0n) is 22.9. The monoisotopic (exact) mass is 530 g/mol. The van der Waals surface area contributed by atoms with Crippen LogP contribution in [0.5, 0.6) is 5.75 Å². The Morgan fingerprint density at radius 1 is 1.10 bits per heavy atom. The maximum atomic E-state index is 13.5. The predicted molar refractivity (Wildman–Crippen MR) is 153 cm³/mol. The van der Waals surface area contributed by atoms with Crippen LogP contribution < -0.4 is 10.5 Å². The fourth-order valence-electron chi connectivity index (χ4n) is 5.38. The van der Waals surface area contributed by atoms with E-state index < -0.39 is 0 Å². The molecule has 0 bridgehead atoms. The number of methoxy groups -OCH3 is 1. The Kier molecular flexibility index (Phi) is 8.58. The number of pyridine rings is 1. The van der Waals surface area contributed by atoms with Crippen LogP contribution in [0, 0.1) is 0 Å². The Labute approximate surface area is 229 Å². The number of imidazole rings is 1. The van der Waals surface area contributed by atoms with Crippen molar-refractivity contribution in [2.75, 3.05) is 45.6 Å². The van der Waals surface area contributed by atoms with Crippen molar-refractivity contribution < 1.29 is 14.3 Å². The molecule has 3 heterocycles. The first-order valence-corrected chi connectivity index (χ1v) is 13.8. The van der Waals surface area contributed by atoms with Crippen molar-refractivity contribution in [2.24, 2.45) is 0 Å². The second kappa shape index (κ2) is 12.4. The number of nitrogens with zero attached hydrogens (tertiary/aromatic N) is 5. The van der Waals surface area contributed by atoms with Gasteiger partial charge in [0.05, 0.1) is 24.7 Å². The Hall–Kier alpha value is -3.69. The SMILES string of the molecule is CCOCc1nc2c(N)nc3ccccc3c2n1CCCN(Cc1cccc(OC)c1)C(=O)CN1CCCC1. The number of aromatic nitrogens is 3. The van der Waals surface area contributed by atoms with Crippen molar-refractivity contribution in [1.82, 2.24) is 24.3 Å². The molecule has 2 aromatic carbocycles. The van der Waals surface area contributed by atoms with Gasteiger partial charge < -0.3 is 24.7 Å². The van der Waals surface area contributed by atoms with E-state index in [0.29, 0.717) is 50.7 Å². The van der Waals surface area contributed by atoms with Gasteiger partial charge >= 0.3 is 0 Å². The number of para-hydroxylation sites is 1. The average molecular weight is 531 g/mol. The number of rotatable bonds is 12. The van der Waals surface area contributed by atoms with Gasteiger partial charge in [0.1, 0.15) is 23.7 Å². The summed E-state index contributed by atoms with van der Waals surface area (Å²) in [5.74, 6) is 2.19. The third-order valence-electron chi connectivity index (χ3n) is 7.35. The zero-order chi connectivity index (χ0) is 27.2. The van der Waals surface area contributed by atoms with Crippen LogP contribution >= 0.6 is 0 Å². The number of carbonyl (C=O) groups is 1. The van der Waals surface area contributed by atoms with E-state index in [4.69, 9.17) is 20.2 Å². The van der Waals surface area contributed by atoms with Crippen LogP contribution in [0.25, 0.3) is 21.9 Å². The summed E-state index contributed by atoms with van der Waals surface area (Å²) in [5.41, 5.74) is 9.90. The molecule has 2 N–H and O–H groups in total. The molecule has 1 fully saturated rings. The van der Waals surface area contributed by atoms with Crippen LogP contribution in [0.3, 0.4) is 0 Å². The van der Waals surface area contributed by atoms with E-state index in [1.165, 1.54) is 0 Å². The number of ether oxygens (including phenoxy) is 2. The first kappa shape index (κ1) is 26.9. The van der Waals surface area contributed by atoms with Crippen molar-refractivity contribution in [3.8, 4) is 5.75 Å².